The van der Waals surface area contributed by atoms with Crippen molar-refractivity contribution in [2.24, 2.45) is 0 Å². The highest BCUT2D eigenvalue weighted by Crippen LogP contribution is 2.36. The smallest absolute Gasteiger partial charge is 0.336 e. The Morgan fingerprint density at radius 3 is 2.95 bits per heavy atom. The van der Waals surface area contributed by atoms with Crippen LogP contribution in [0.5, 0.6) is 11.5 Å². The zero-order valence-electron chi connectivity index (χ0n) is 11.7. The number of benzene rings is 1. The van der Waals surface area contributed by atoms with Crippen LogP contribution in [0.15, 0.2) is 35.7 Å². The second-order valence-corrected chi connectivity index (χ2v) is 5.49. The van der Waals surface area contributed by atoms with E-state index >= 15 is 0 Å². The summed E-state index contributed by atoms with van der Waals surface area (Å²) in [5, 5.41) is 11.0. The number of halogens is 1. The minimum absolute atomic E-state index is 0.114. The fraction of sp³-hybridized carbons (Fsp3) is 0.125. The molecule has 0 N–H and O–H groups in total. The zero-order valence-corrected chi connectivity index (χ0v) is 13.3. The molecule has 1 aromatic heterocycles. The molecule has 2 aromatic rings. The van der Waals surface area contributed by atoms with Gasteiger partial charge in [0.15, 0.2) is 11.5 Å². The number of nitrogens with zero attached hydrogens (tertiary/aromatic N) is 1. The van der Waals surface area contributed by atoms with E-state index in [2.05, 4.69) is 0 Å². The van der Waals surface area contributed by atoms with Gasteiger partial charge in [-0.1, -0.05) is 17.7 Å². The van der Waals surface area contributed by atoms with Gasteiger partial charge in [0, 0.05) is 17.0 Å². The minimum atomic E-state index is -0.569. The van der Waals surface area contributed by atoms with E-state index in [1.165, 1.54) is 29.5 Å². The molecule has 0 radical (unpaired) electrons. The van der Waals surface area contributed by atoms with Crippen molar-refractivity contribution in [3.63, 3.8) is 0 Å². The summed E-state index contributed by atoms with van der Waals surface area (Å²) < 4.78 is 10.6. The number of ether oxygens (including phenoxy) is 2. The van der Waals surface area contributed by atoms with Gasteiger partial charge in [0.05, 0.1) is 23.3 Å². The molecule has 0 unspecified atom stereocenters. The molecule has 0 saturated heterocycles. The van der Waals surface area contributed by atoms with E-state index < -0.39 is 5.97 Å². The van der Waals surface area contributed by atoms with Crippen LogP contribution in [-0.2, 0) is 4.79 Å². The molecule has 2 rings (SSSR count). The number of esters is 1. The van der Waals surface area contributed by atoms with Gasteiger partial charge in [-0.2, -0.15) is 5.26 Å². The van der Waals surface area contributed by atoms with Gasteiger partial charge in [0.1, 0.15) is 0 Å². The molecular formula is C16H12ClNO3S. The largest absolute Gasteiger partial charge is 0.490 e. The van der Waals surface area contributed by atoms with E-state index in [0.29, 0.717) is 12.2 Å². The van der Waals surface area contributed by atoms with Crippen LogP contribution in [0.3, 0.4) is 0 Å². The predicted molar refractivity (Wildman–Crippen MR) is 86.3 cm³/mol. The molecule has 112 valence electrons. The van der Waals surface area contributed by atoms with Crippen molar-refractivity contribution in [3.8, 4) is 17.6 Å². The third-order valence-electron chi connectivity index (χ3n) is 2.57. The number of hydrogen-bond acceptors (Lipinski definition) is 5. The molecule has 0 aliphatic carbocycles. The maximum Gasteiger partial charge on any atom is 0.336 e. The van der Waals surface area contributed by atoms with Crippen molar-refractivity contribution in [2.75, 3.05) is 6.61 Å². The number of nitriles is 1. The quantitative estimate of drug-likeness (QED) is 0.465. The first-order valence-corrected chi connectivity index (χ1v) is 7.69. The van der Waals surface area contributed by atoms with E-state index in [0.717, 1.165) is 4.88 Å². The van der Waals surface area contributed by atoms with Gasteiger partial charge >= 0.3 is 5.97 Å². The number of carbonyl (C=O) groups is 1. The standard InChI is InChI=1S/C16H12ClNO3S/c1-2-20-14-9-11(10-18)8-13(17)16(14)21-15(19)6-5-12-4-3-7-22-12/h3-9H,2H2,1H3/b6-5+. The Kier molecular flexibility index (Phi) is 5.59. The van der Waals surface area contributed by atoms with Crippen LogP contribution in [0.25, 0.3) is 6.08 Å². The number of thiophene rings is 1. The molecule has 1 heterocycles. The van der Waals surface area contributed by atoms with Gasteiger partial charge in [0.2, 0.25) is 0 Å². The molecule has 0 spiro atoms. The molecule has 22 heavy (non-hydrogen) atoms. The summed E-state index contributed by atoms with van der Waals surface area (Å²) in [7, 11) is 0. The van der Waals surface area contributed by atoms with Crippen LogP contribution in [-0.4, -0.2) is 12.6 Å². The first kappa shape index (κ1) is 16.1. The van der Waals surface area contributed by atoms with Gasteiger partial charge < -0.3 is 9.47 Å². The summed E-state index contributed by atoms with van der Waals surface area (Å²) >= 11 is 7.57. The van der Waals surface area contributed by atoms with Crippen LogP contribution in [0.4, 0.5) is 0 Å². The molecule has 0 aliphatic heterocycles. The average Bonchev–Trinajstić information content (AvgIpc) is 3.02. The molecule has 0 atom stereocenters. The molecule has 0 saturated carbocycles. The van der Waals surface area contributed by atoms with Crippen LogP contribution in [0.1, 0.15) is 17.4 Å². The highest BCUT2D eigenvalue weighted by molar-refractivity contribution is 7.10. The minimum Gasteiger partial charge on any atom is -0.490 e. The monoisotopic (exact) mass is 333 g/mol. The van der Waals surface area contributed by atoms with Gasteiger partial charge in [-0.25, -0.2) is 4.79 Å². The Labute approximate surface area is 137 Å². The summed E-state index contributed by atoms with van der Waals surface area (Å²) in [6.07, 6.45) is 2.97. The van der Waals surface area contributed by atoms with Crippen molar-refractivity contribution in [1.29, 1.82) is 5.26 Å². The van der Waals surface area contributed by atoms with Crippen molar-refractivity contribution < 1.29 is 14.3 Å². The average molecular weight is 334 g/mol. The highest BCUT2D eigenvalue weighted by atomic mass is 35.5. The first-order chi connectivity index (χ1) is 10.6. The molecule has 6 heteroatoms. The van der Waals surface area contributed by atoms with Crippen LogP contribution >= 0.6 is 22.9 Å². The van der Waals surface area contributed by atoms with Crippen LogP contribution < -0.4 is 9.47 Å². The van der Waals surface area contributed by atoms with E-state index in [1.54, 1.807) is 13.0 Å². The molecule has 0 amide bonds. The fourth-order valence-electron chi connectivity index (χ4n) is 1.67. The Hall–Kier alpha value is -2.29. The van der Waals surface area contributed by atoms with E-state index in [4.69, 9.17) is 26.3 Å². The fourth-order valence-corrected chi connectivity index (χ4v) is 2.53. The Bertz CT molecular complexity index is 733. The van der Waals surface area contributed by atoms with Crippen molar-refractivity contribution >= 4 is 35.0 Å². The third kappa shape index (κ3) is 4.10. The molecule has 1 aromatic carbocycles. The third-order valence-corrected chi connectivity index (χ3v) is 3.69. The first-order valence-electron chi connectivity index (χ1n) is 6.44. The lowest BCUT2D eigenvalue weighted by Gasteiger charge is -2.11. The number of carbonyl (C=O) groups excluding carboxylic acids is 1. The summed E-state index contributed by atoms with van der Waals surface area (Å²) in [4.78, 5) is 12.8. The zero-order chi connectivity index (χ0) is 15.9. The van der Waals surface area contributed by atoms with Gasteiger partial charge in [0.25, 0.3) is 0 Å². The predicted octanol–water partition coefficient (Wildman–Crippen LogP) is 4.29. The van der Waals surface area contributed by atoms with Crippen molar-refractivity contribution in [3.05, 3.63) is 51.2 Å². The Morgan fingerprint density at radius 1 is 1.50 bits per heavy atom. The normalized spacial score (nSPS) is 10.4. The molecule has 0 fully saturated rings. The Morgan fingerprint density at radius 2 is 2.32 bits per heavy atom. The Balaban J connectivity index is 2.21. The summed E-state index contributed by atoms with van der Waals surface area (Å²) in [5.74, 6) is -0.186. The number of rotatable bonds is 5. The maximum atomic E-state index is 11.9. The SMILES string of the molecule is CCOc1cc(C#N)cc(Cl)c1OC(=O)/C=C/c1cccs1. The van der Waals surface area contributed by atoms with Crippen LogP contribution in [0.2, 0.25) is 5.02 Å². The molecule has 4 nitrogen and oxygen atoms in total. The van der Waals surface area contributed by atoms with Crippen molar-refractivity contribution in [2.45, 2.75) is 6.92 Å². The summed E-state index contributed by atoms with van der Waals surface area (Å²) in [6, 6.07) is 8.66. The maximum absolute atomic E-state index is 11.9. The molecule has 0 bridgehead atoms. The van der Waals surface area contributed by atoms with Crippen molar-refractivity contribution in [1.82, 2.24) is 0 Å². The van der Waals surface area contributed by atoms with Gasteiger partial charge in [-0.3, -0.25) is 0 Å². The van der Waals surface area contributed by atoms with E-state index in [1.807, 2.05) is 23.6 Å². The van der Waals surface area contributed by atoms with E-state index in [9.17, 15) is 4.79 Å². The van der Waals surface area contributed by atoms with Gasteiger partial charge in [-0.15, -0.1) is 11.3 Å². The lowest BCUT2D eigenvalue weighted by Crippen LogP contribution is -2.06. The van der Waals surface area contributed by atoms with Gasteiger partial charge in [-0.05, 0) is 30.5 Å². The summed E-state index contributed by atoms with van der Waals surface area (Å²) in [5.41, 5.74) is 0.336. The molecular weight excluding hydrogens is 322 g/mol. The van der Waals surface area contributed by atoms with E-state index in [-0.39, 0.29) is 16.5 Å². The van der Waals surface area contributed by atoms with Crippen LogP contribution in [0, 0.1) is 11.3 Å². The topological polar surface area (TPSA) is 59.3 Å². The second-order valence-electron chi connectivity index (χ2n) is 4.10. The highest BCUT2D eigenvalue weighted by Gasteiger charge is 2.15. The lowest BCUT2D eigenvalue weighted by molar-refractivity contribution is -0.129. The summed E-state index contributed by atoms with van der Waals surface area (Å²) in [6.45, 7) is 2.15. The lowest BCUT2D eigenvalue weighted by atomic mass is 10.2. The second kappa shape index (κ2) is 7.64. The molecule has 0 aliphatic rings. The number of hydrogen-bond donors (Lipinski definition) is 0.